The Balaban J connectivity index is 0.00000300. The van der Waals surface area contributed by atoms with E-state index < -0.39 is 0 Å². The zero-order valence-electron chi connectivity index (χ0n) is 17.4. The molecule has 0 spiro atoms. The molecule has 2 N–H and O–H groups in total. The highest BCUT2D eigenvalue weighted by molar-refractivity contribution is 14.0. The Morgan fingerprint density at radius 1 is 1.10 bits per heavy atom. The third-order valence-electron chi connectivity index (χ3n) is 5.03. The van der Waals surface area contributed by atoms with Crippen LogP contribution in [0.1, 0.15) is 12.0 Å². The molecule has 1 aliphatic heterocycles. The summed E-state index contributed by atoms with van der Waals surface area (Å²) in [5.74, 6) is 2.36. The van der Waals surface area contributed by atoms with Gasteiger partial charge in [0.15, 0.2) is 17.5 Å². The van der Waals surface area contributed by atoms with E-state index in [1.807, 2.05) is 19.2 Å². The molecule has 29 heavy (non-hydrogen) atoms. The number of guanidine groups is 1. The minimum absolute atomic E-state index is 0. The Labute approximate surface area is 190 Å². The van der Waals surface area contributed by atoms with Crippen molar-refractivity contribution in [2.24, 2.45) is 4.99 Å². The fraction of sp³-hybridized carbons (Fsp3) is 0.409. The molecule has 1 heterocycles. The summed E-state index contributed by atoms with van der Waals surface area (Å²) in [4.78, 5) is 6.78. The van der Waals surface area contributed by atoms with Crippen LogP contribution in [-0.2, 0) is 6.42 Å². The second-order valence-corrected chi connectivity index (χ2v) is 6.85. The van der Waals surface area contributed by atoms with Gasteiger partial charge in [0.1, 0.15) is 0 Å². The smallest absolute Gasteiger partial charge is 0.191 e. The van der Waals surface area contributed by atoms with Gasteiger partial charge in [-0.3, -0.25) is 4.99 Å². The molecule has 2 aromatic rings. The van der Waals surface area contributed by atoms with Crippen molar-refractivity contribution in [3.63, 3.8) is 0 Å². The highest BCUT2D eigenvalue weighted by atomic mass is 127. The molecule has 0 bridgehead atoms. The zero-order chi connectivity index (χ0) is 19.8. The molecule has 158 valence electrons. The van der Waals surface area contributed by atoms with Crippen molar-refractivity contribution in [2.45, 2.75) is 18.9 Å². The van der Waals surface area contributed by atoms with Crippen molar-refractivity contribution in [3.8, 4) is 11.5 Å². The molecular weight excluding hydrogens is 479 g/mol. The molecule has 1 fully saturated rings. The van der Waals surface area contributed by atoms with E-state index in [0.717, 1.165) is 49.9 Å². The van der Waals surface area contributed by atoms with E-state index in [0.29, 0.717) is 6.04 Å². The standard InChI is InChI=1S/C22H30N4O2.HI/c1-23-22(24-13-11-17-9-10-20(27-2)21(15-17)28-3)25-18-12-14-26(16-18)19-7-5-4-6-8-19;/h4-10,15,18H,11-14,16H2,1-3H3,(H2,23,24,25);1H. The van der Waals surface area contributed by atoms with Gasteiger partial charge in [0.2, 0.25) is 0 Å². The zero-order valence-corrected chi connectivity index (χ0v) is 19.7. The van der Waals surface area contributed by atoms with Crippen LogP contribution in [0.2, 0.25) is 0 Å². The maximum atomic E-state index is 5.37. The number of hydrogen-bond donors (Lipinski definition) is 2. The summed E-state index contributed by atoms with van der Waals surface area (Å²) in [5.41, 5.74) is 2.47. The molecule has 0 aromatic heterocycles. The minimum atomic E-state index is 0. The number of methoxy groups -OCH3 is 2. The normalized spacial score (nSPS) is 16.2. The predicted octanol–water partition coefficient (Wildman–Crippen LogP) is 3.31. The summed E-state index contributed by atoms with van der Waals surface area (Å²) >= 11 is 0. The van der Waals surface area contributed by atoms with Crippen LogP contribution >= 0.6 is 24.0 Å². The topological polar surface area (TPSA) is 58.1 Å². The third-order valence-corrected chi connectivity index (χ3v) is 5.03. The molecule has 2 aromatic carbocycles. The quantitative estimate of drug-likeness (QED) is 0.340. The van der Waals surface area contributed by atoms with E-state index in [2.05, 4.69) is 56.9 Å². The van der Waals surface area contributed by atoms with Crippen LogP contribution in [-0.4, -0.2) is 52.9 Å². The lowest BCUT2D eigenvalue weighted by atomic mass is 10.1. The fourth-order valence-electron chi connectivity index (χ4n) is 3.50. The minimum Gasteiger partial charge on any atom is -0.493 e. The van der Waals surface area contributed by atoms with Crippen molar-refractivity contribution < 1.29 is 9.47 Å². The Hall–Kier alpha value is -2.16. The molecule has 3 rings (SSSR count). The number of rotatable bonds is 7. The Morgan fingerprint density at radius 3 is 2.55 bits per heavy atom. The summed E-state index contributed by atoms with van der Waals surface area (Å²) in [6.07, 6.45) is 1.98. The highest BCUT2D eigenvalue weighted by Crippen LogP contribution is 2.27. The first-order chi connectivity index (χ1) is 13.7. The van der Waals surface area contributed by atoms with Gasteiger partial charge in [-0.15, -0.1) is 24.0 Å². The molecular formula is C22H31IN4O2. The van der Waals surface area contributed by atoms with Gasteiger partial charge in [-0.1, -0.05) is 24.3 Å². The number of hydrogen-bond acceptors (Lipinski definition) is 4. The molecule has 1 saturated heterocycles. The largest absolute Gasteiger partial charge is 0.493 e. The number of aliphatic imine (C=N–C) groups is 1. The van der Waals surface area contributed by atoms with Gasteiger partial charge in [0.25, 0.3) is 0 Å². The van der Waals surface area contributed by atoms with Crippen molar-refractivity contribution in [1.82, 2.24) is 10.6 Å². The molecule has 7 heteroatoms. The molecule has 1 aliphatic rings. The highest BCUT2D eigenvalue weighted by Gasteiger charge is 2.23. The first-order valence-electron chi connectivity index (χ1n) is 9.71. The molecule has 1 atom stereocenters. The van der Waals surface area contributed by atoms with E-state index >= 15 is 0 Å². The van der Waals surface area contributed by atoms with Crippen LogP contribution in [0, 0.1) is 0 Å². The average molecular weight is 510 g/mol. The number of anilines is 1. The Morgan fingerprint density at radius 2 is 1.86 bits per heavy atom. The molecule has 0 radical (unpaired) electrons. The lowest BCUT2D eigenvalue weighted by molar-refractivity contribution is 0.354. The van der Waals surface area contributed by atoms with Crippen LogP contribution in [0.5, 0.6) is 11.5 Å². The van der Waals surface area contributed by atoms with Crippen molar-refractivity contribution >= 4 is 35.6 Å². The predicted molar refractivity (Wildman–Crippen MR) is 130 cm³/mol. The van der Waals surface area contributed by atoms with Gasteiger partial charge in [-0.2, -0.15) is 0 Å². The van der Waals surface area contributed by atoms with Crippen molar-refractivity contribution in [2.75, 3.05) is 45.8 Å². The SMILES string of the molecule is CN=C(NCCc1ccc(OC)c(OC)c1)NC1CCN(c2ccccc2)C1.I. The summed E-state index contributed by atoms with van der Waals surface area (Å²) in [6, 6.07) is 17.0. The average Bonchev–Trinajstić information content (AvgIpc) is 3.22. The number of nitrogens with one attached hydrogen (secondary N) is 2. The number of halogens is 1. The Bertz CT molecular complexity index is 786. The van der Waals surface area contributed by atoms with Gasteiger partial charge < -0.3 is 25.0 Å². The van der Waals surface area contributed by atoms with Crippen molar-refractivity contribution in [1.29, 1.82) is 0 Å². The lowest BCUT2D eigenvalue weighted by Gasteiger charge is -2.20. The maximum Gasteiger partial charge on any atom is 0.191 e. The first-order valence-corrected chi connectivity index (χ1v) is 9.71. The van der Waals surface area contributed by atoms with Crippen LogP contribution in [0.4, 0.5) is 5.69 Å². The van der Waals surface area contributed by atoms with Gasteiger partial charge in [0.05, 0.1) is 14.2 Å². The van der Waals surface area contributed by atoms with Gasteiger partial charge in [0, 0.05) is 38.4 Å². The second-order valence-electron chi connectivity index (χ2n) is 6.85. The monoisotopic (exact) mass is 510 g/mol. The number of ether oxygens (including phenoxy) is 2. The fourth-order valence-corrected chi connectivity index (χ4v) is 3.50. The van der Waals surface area contributed by atoms with Crippen LogP contribution < -0.4 is 25.0 Å². The molecule has 0 aliphatic carbocycles. The first kappa shape index (κ1) is 23.1. The van der Waals surface area contributed by atoms with Crippen molar-refractivity contribution in [3.05, 3.63) is 54.1 Å². The number of nitrogens with zero attached hydrogens (tertiary/aromatic N) is 2. The molecule has 0 amide bonds. The van der Waals surface area contributed by atoms with E-state index in [-0.39, 0.29) is 24.0 Å². The van der Waals surface area contributed by atoms with Crippen LogP contribution in [0.25, 0.3) is 0 Å². The van der Waals surface area contributed by atoms with Gasteiger partial charge in [-0.25, -0.2) is 0 Å². The number of para-hydroxylation sites is 1. The number of benzene rings is 2. The summed E-state index contributed by atoms with van der Waals surface area (Å²) in [7, 11) is 5.12. The van der Waals surface area contributed by atoms with Gasteiger partial charge in [-0.05, 0) is 42.7 Å². The van der Waals surface area contributed by atoms with E-state index in [9.17, 15) is 0 Å². The second kappa shape index (κ2) is 11.7. The molecule has 1 unspecified atom stereocenters. The van der Waals surface area contributed by atoms with Crippen LogP contribution in [0.3, 0.4) is 0 Å². The summed E-state index contributed by atoms with van der Waals surface area (Å²) in [6.45, 7) is 2.84. The van der Waals surface area contributed by atoms with E-state index in [1.54, 1.807) is 14.2 Å². The molecule has 6 nitrogen and oxygen atoms in total. The van der Waals surface area contributed by atoms with E-state index in [4.69, 9.17) is 9.47 Å². The molecule has 0 saturated carbocycles. The third kappa shape index (κ3) is 6.42. The Kier molecular flexibility index (Phi) is 9.37. The van der Waals surface area contributed by atoms with E-state index in [1.165, 1.54) is 11.3 Å². The maximum absolute atomic E-state index is 5.37. The van der Waals surface area contributed by atoms with Gasteiger partial charge >= 0.3 is 0 Å². The summed E-state index contributed by atoms with van der Waals surface area (Å²) in [5, 5.41) is 6.96. The summed E-state index contributed by atoms with van der Waals surface area (Å²) < 4.78 is 10.7. The lowest BCUT2D eigenvalue weighted by Crippen LogP contribution is -2.45. The van der Waals surface area contributed by atoms with Crippen LogP contribution in [0.15, 0.2) is 53.5 Å².